The van der Waals surface area contributed by atoms with Crippen LogP contribution in [-0.4, -0.2) is 6.04 Å². The summed E-state index contributed by atoms with van der Waals surface area (Å²) in [7, 11) is 0. The van der Waals surface area contributed by atoms with Gasteiger partial charge in [-0.2, -0.15) is 0 Å². The van der Waals surface area contributed by atoms with Gasteiger partial charge in [-0.05, 0) is 43.0 Å². The van der Waals surface area contributed by atoms with Crippen molar-refractivity contribution in [3.05, 3.63) is 23.8 Å². The third-order valence-corrected chi connectivity index (χ3v) is 2.95. The Kier molecular flexibility index (Phi) is 3.28. The van der Waals surface area contributed by atoms with E-state index < -0.39 is 0 Å². The maximum absolute atomic E-state index is 5.78. The van der Waals surface area contributed by atoms with Gasteiger partial charge in [-0.1, -0.05) is 20.8 Å². The summed E-state index contributed by atoms with van der Waals surface area (Å²) < 4.78 is 0. The summed E-state index contributed by atoms with van der Waals surface area (Å²) in [6, 6.07) is 6.51. The Morgan fingerprint density at radius 1 is 1.27 bits per heavy atom. The Hall–Kier alpha value is -1.18. The number of benzene rings is 1. The second kappa shape index (κ2) is 4.13. The SMILES string of the molecule is Cc1cc(NC(C)C(C)(C)C)ccc1N. The highest BCUT2D eigenvalue weighted by Gasteiger charge is 2.19. The number of hydrogen-bond donors (Lipinski definition) is 2. The third kappa shape index (κ3) is 3.15. The molecule has 1 atom stereocenters. The average Bonchev–Trinajstić information content (AvgIpc) is 2.10. The first-order valence-corrected chi connectivity index (χ1v) is 5.43. The van der Waals surface area contributed by atoms with E-state index in [1.807, 2.05) is 19.1 Å². The predicted octanol–water partition coefficient (Wildman–Crippen LogP) is 3.42. The number of nitrogens with two attached hydrogens (primary N) is 1. The normalized spacial score (nSPS) is 13.7. The quantitative estimate of drug-likeness (QED) is 0.728. The van der Waals surface area contributed by atoms with Crippen molar-refractivity contribution < 1.29 is 0 Å². The van der Waals surface area contributed by atoms with Gasteiger partial charge < -0.3 is 11.1 Å². The fourth-order valence-electron chi connectivity index (χ4n) is 1.23. The Morgan fingerprint density at radius 2 is 1.87 bits per heavy atom. The third-order valence-electron chi connectivity index (χ3n) is 2.95. The molecule has 0 aliphatic carbocycles. The summed E-state index contributed by atoms with van der Waals surface area (Å²) in [5.41, 5.74) is 9.16. The molecule has 0 saturated heterocycles. The van der Waals surface area contributed by atoms with Crippen molar-refractivity contribution in [2.24, 2.45) is 5.41 Å². The summed E-state index contributed by atoms with van der Waals surface area (Å²) in [6.45, 7) is 10.9. The van der Waals surface area contributed by atoms with Gasteiger partial charge in [-0.25, -0.2) is 0 Å². The molecule has 0 aliphatic heterocycles. The molecule has 15 heavy (non-hydrogen) atoms. The van der Waals surface area contributed by atoms with Crippen molar-refractivity contribution in [3.8, 4) is 0 Å². The van der Waals surface area contributed by atoms with Crippen molar-refractivity contribution in [2.45, 2.75) is 40.7 Å². The first-order valence-electron chi connectivity index (χ1n) is 5.43. The van der Waals surface area contributed by atoms with Crippen LogP contribution in [0.1, 0.15) is 33.3 Å². The lowest BCUT2D eigenvalue weighted by molar-refractivity contribution is 0.359. The molecule has 0 aromatic heterocycles. The largest absolute Gasteiger partial charge is 0.399 e. The Bertz CT molecular complexity index is 337. The van der Waals surface area contributed by atoms with Crippen LogP contribution in [-0.2, 0) is 0 Å². The summed E-state index contributed by atoms with van der Waals surface area (Å²) in [5.74, 6) is 0. The fourth-order valence-corrected chi connectivity index (χ4v) is 1.23. The molecule has 2 heteroatoms. The summed E-state index contributed by atoms with van der Waals surface area (Å²) in [6.07, 6.45) is 0. The highest BCUT2D eigenvalue weighted by molar-refractivity contribution is 5.57. The predicted molar refractivity (Wildman–Crippen MR) is 68.1 cm³/mol. The van der Waals surface area contributed by atoms with E-state index in [1.54, 1.807) is 0 Å². The van der Waals surface area contributed by atoms with Crippen molar-refractivity contribution in [1.29, 1.82) is 0 Å². The van der Waals surface area contributed by atoms with Crippen LogP contribution in [0.2, 0.25) is 0 Å². The van der Waals surface area contributed by atoms with E-state index in [0.29, 0.717) is 6.04 Å². The van der Waals surface area contributed by atoms with E-state index in [2.05, 4.69) is 39.1 Å². The molecule has 0 spiro atoms. The number of rotatable bonds is 2. The van der Waals surface area contributed by atoms with Crippen LogP contribution >= 0.6 is 0 Å². The molecule has 84 valence electrons. The van der Waals surface area contributed by atoms with Gasteiger partial charge in [-0.3, -0.25) is 0 Å². The van der Waals surface area contributed by atoms with Gasteiger partial charge in [0.1, 0.15) is 0 Å². The zero-order valence-corrected chi connectivity index (χ0v) is 10.4. The van der Waals surface area contributed by atoms with E-state index >= 15 is 0 Å². The summed E-state index contributed by atoms with van der Waals surface area (Å²) >= 11 is 0. The van der Waals surface area contributed by atoms with Crippen LogP contribution in [0, 0.1) is 12.3 Å². The Labute approximate surface area is 92.9 Å². The molecule has 0 fully saturated rings. The molecule has 1 aromatic rings. The molecular formula is C13H22N2. The van der Waals surface area contributed by atoms with Crippen LogP contribution < -0.4 is 11.1 Å². The first kappa shape index (κ1) is 11.9. The average molecular weight is 206 g/mol. The number of anilines is 2. The molecule has 0 radical (unpaired) electrons. The minimum absolute atomic E-state index is 0.259. The maximum Gasteiger partial charge on any atom is 0.0346 e. The van der Waals surface area contributed by atoms with Gasteiger partial charge in [0.05, 0.1) is 0 Å². The van der Waals surface area contributed by atoms with Gasteiger partial charge >= 0.3 is 0 Å². The van der Waals surface area contributed by atoms with Crippen LogP contribution in [0.25, 0.3) is 0 Å². The van der Waals surface area contributed by atoms with Gasteiger partial charge in [0.25, 0.3) is 0 Å². The van der Waals surface area contributed by atoms with E-state index in [9.17, 15) is 0 Å². The van der Waals surface area contributed by atoms with Crippen molar-refractivity contribution in [3.63, 3.8) is 0 Å². The van der Waals surface area contributed by atoms with Crippen LogP contribution in [0.4, 0.5) is 11.4 Å². The standard InChI is InChI=1S/C13H22N2/c1-9-8-11(6-7-12(9)14)15-10(2)13(3,4)5/h6-8,10,15H,14H2,1-5H3. The van der Waals surface area contributed by atoms with E-state index in [1.165, 1.54) is 0 Å². The highest BCUT2D eigenvalue weighted by Crippen LogP contribution is 2.24. The minimum Gasteiger partial charge on any atom is -0.399 e. The molecule has 0 heterocycles. The lowest BCUT2D eigenvalue weighted by Gasteiger charge is -2.29. The molecule has 1 aromatic carbocycles. The van der Waals surface area contributed by atoms with E-state index in [-0.39, 0.29) is 5.41 Å². The first-order chi connectivity index (χ1) is 6.80. The number of nitrogens with one attached hydrogen (secondary N) is 1. The molecule has 2 nitrogen and oxygen atoms in total. The number of aryl methyl sites for hydroxylation is 1. The molecule has 3 N–H and O–H groups in total. The smallest absolute Gasteiger partial charge is 0.0346 e. The molecule has 0 saturated carbocycles. The monoisotopic (exact) mass is 206 g/mol. The molecular weight excluding hydrogens is 184 g/mol. The highest BCUT2D eigenvalue weighted by atomic mass is 14.9. The Balaban J connectivity index is 2.78. The fraction of sp³-hybridized carbons (Fsp3) is 0.538. The summed E-state index contributed by atoms with van der Waals surface area (Å²) in [5, 5.41) is 3.49. The molecule has 0 bridgehead atoms. The minimum atomic E-state index is 0.259. The van der Waals surface area contributed by atoms with E-state index in [4.69, 9.17) is 5.73 Å². The number of nitrogen functional groups attached to an aromatic ring is 1. The zero-order chi connectivity index (χ0) is 11.6. The van der Waals surface area contributed by atoms with Crippen LogP contribution in [0.15, 0.2) is 18.2 Å². The second-order valence-corrected chi connectivity index (χ2v) is 5.30. The number of hydrogen-bond acceptors (Lipinski definition) is 2. The molecule has 0 aliphatic rings. The maximum atomic E-state index is 5.78. The van der Waals surface area contributed by atoms with Gasteiger partial charge in [0.2, 0.25) is 0 Å². The lowest BCUT2D eigenvalue weighted by atomic mass is 9.88. The Morgan fingerprint density at radius 3 is 2.33 bits per heavy atom. The van der Waals surface area contributed by atoms with Crippen molar-refractivity contribution in [1.82, 2.24) is 0 Å². The molecule has 1 unspecified atom stereocenters. The van der Waals surface area contributed by atoms with Crippen LogP contribution in [0.5, 0.6) is 0 Å². The lowest BCUT2D eigenvalue weighted by Crippen LogP contribution is -2.30. The topological polar surface area (TPSA) is 38.0 Å². The molecule has 1 rings (SSSR count). The van der Waals surface area contributed by atoms with Gasteiger partial charge in [-0.15, -0.1) is 0 Å². The van der Waals surface area contributed by atoms with E-state index in [0.717, 1.165) is 16.9 Å². The zero-order valence-electron chi connectivity index (χ0n) is 10.4. The second-order valence-electron chi connectivity index (χ2n) is 5.30. The van der Waals surface area contributed by atoms with Crippen molar-refractivity contribution in [2.75, 3.05) is 11.1 Å². The van der Waals surface area contributed by atoms with Gasteiger partial charge in [0, 0.05) is 17.4 Å². The summed E-state index contributed by atoms with van der Waals surface area (Å²) in [4.78, 5) is 0. The van der Waals surface area contributed by atoms with Crippen LogP contribution in [0.3, 0.4) is 0 Å². The van der Waals surface area contributed by atoms with Gasteiger partial charge in [0.15, 0.2) is 0 Å². The molecule has 0 amide bonds. The van der Waals surface area contributed by atoms with Crippen molar-refractivity contribution >= 4 is 11.4 Å².